The van der Waals surface area contributed by atoms with E-state index in [1.54, 1.807) is 0 Å². The summed E-state index contributed by atoms with van der Waals surface area (Å²) in [6, 6.07) is 12.5. The molecule has 30 heavy (non-hydrogen) atoms. The Morgan fingerprint density at radius 3 is 2.60 bits per heavy atom. The summed E-state index contributed by atoms with van der Waals surface area (Å²) in [4.78, 5) is 0. The van der Waals surface area contributed by atoms with Gasteiger partial charge in [0.2, 0.25) is 0 Å². The zero-order valence-corrected chi connectivity index (χ0v) is 17.3. The molecule has 0 saturated carbocycles. The molecule has 0 amide bonds. The smallest absolute Gasteiger partial charge is 0.113 e. The molecule has 0 aromatic heterocycles. The van der Waals surface area contributed by atoms with E-state index in [0.717, 1.165) is 43.4 Å². The van der Waals surface area contributed by atoms with Gasteiger partial charge in [0.25, 0.3) is 0 Å². The third-order valence-electron chi connectivity index (χ3n) is 6.34. The van der Waals surface area contributed by atoms with Gasteiger partial charge in [-0.1, -0.05) is 37.3 Å². The summed E-state index contributed by atoms with van der Waals surface area (Å²) in [6.45, 7) is 2.69. The number of anilines is 1. The van der Waals surface area contributed by atoms with Crippen LogP contribution in [0.15, 0.2) is 36.4 Å². The predicted molar refractivity (Wildman–Crippen MR) is 115 cm³/mol. The molecule has 162 valence electrons. The van der Waals surface area contributed by atoms with Crippen LogP contribution in [0.25, 0.3) is 0 Å². The summed E-state index contributed by atoms with van der Waals surface area (Å²) < 4.78 is 5.75. The molecule has 2 aliphatic rings. The highest BCUT2D eigenvalue weighted by atomic mass is 16.5. The normalized spacial score (nSPS) is 28.6. The topological polar surface area (TPSA) is 102 Å². The van der Waals surface area contributed by atoms with Gasteiger partial charge in [0, 0.05) is 12.2 Å². The minimum absolute atomic E-state index is 0.427. The van der Waals surface area contributed by atoms with Gasteiger partial charge in [0.1, 0.15) is 30.5 Å². The Morgan fingerprint density at radius 2 is 1.83 bits per heavy atom. The van der Waals surface area contributed by atoms with Crippen LogP contribution in [0, 0.1) is 0 Å². The maximum atomic E-state index is 10.5. The first-order chi connectivity index (χ1) is 14.5. The molecule has 5 atom stereocenters. The summed E-state index contributed by atoms with van der Waals surface area (Å²) >= 11 is 0. The largest absolute Gasteiger partial charge is 0.394 e. The molecule has 0 unspecified atom stereocenters. The highest BCUT2D eigenvalue weighted by Crippen LogP contribution is 2.34. The Hall–Kier alpha value is -1.96. The fourth-order valence-corrected chi connectivity index (χ4v) is 4.55. The van der Waals surface area contributed by atoms with E-state index in [2.05, 4.69) is 30.4 Å². The van der Waals surface area contributed by atoms with Gasteiger partial charge in [-0.15, -0.1) is 0 Å². The van der Waals surface area contributed by atoms with Crippen LogP contribution in [-0.2, 0) is 24.0 Å². The molecule has 2 aliphatic heterocycles. The van der Waals surface area contributed by atoms with Crippen LogP contribution < -0.4 is 5.32 Å². The SMILES string of the molecule is CCc1ccc([C@@H]2O[C@H](CO)[C@@H](O)[C@H](O)[C@H]2O)cc1Cc1ccc2c(c1)NCCC2. The zero-order valence-electron chi connectivity index (χ0n) is 17.3. The number of hydrogen-bond donors (Lipinski definition) is 5. The molecule has 1 fully saturated rings. The zero-order chi connectivity index (χ0) is 21.3. The molecule has 1 saturated heterocycles. The summed E-state index contributed by atoms with van der Waals surface area (Å²) in [5.74, 6) is 0. The lowest BCUT2D eigenvalue weighted by atomic mass is 9.88. The number of aliphatic hydroxyl groups excluding tert-OH is 4. The third kappa shape index (κ3) is 4.11. The molecule has 0 spiro atoms. The van der Waals surface area contributed by atoms with Crippen LogP contribution >= 0.6 is 0 Å². The number of hydrogen-bond acceptors (Lipinski definition) is 6. The lowest BCUT2D eigenvalue weighted by Crippen LogP contribution is -2.55. The highest BCUT2D eigenvalue weighted by molar-refractivity contribution is 5.55. The Kier molecular flexibility index (Phi) is 6.41. The molecular weight excluding hydrogens is 382 g/mol. The summed E-state index contributed by atoms with van der Waals surface area (Å²) in [6.07, 6.45) is -1.80. The second kappa shape index (κ2) is 9.04. The lowest BCUT2D eigenvalue weighted by molar-refractivity contribution is -0.231. The number of aliphatic hydroxyl groups is 4. The first-order valence-corrected chi connectivity index (χ1v) is 10.8. The molecule has 0 aliphatic carbocycles. The van der Waals surface area contributed by atoms with E-state index in [1.807, 2.05) is 18.2 Å². The van der Waals surface area contributed by atoms with Gasteiger partial charge in [-0.05, 0) is 59.6 Å². The molecule has 4 rings (SSSR count). The van der Waals surface area contributed by atoms with E-state index >= 15 is 0 Å². The maximum Gasteiger partial charge on any atom is 0.113 e. The van der Waals surface area contributed by atoms with Crippen molar-refractivity contribution in [1.29, 1.82) is 0 Å². The van der Waals surface area contributed by atoms with E-state index < -0.39 is 37.1 Å². The summed E-state index contributed by atoms with van der Waals surface area (Å²) in [5, 5.41) is 43.6. The number of ether oxygens (including phenoxy) is 1. The minimum atomic E-state index is -1.37. The fourth-order valence-electron chi connectivity index (χ4n) is 4.55. The molecule has 6 heteroatoms. The minimum Gasteiger partial charge on any atom is -0.394 e. The second-order valence-electron chi connectivity index (χ2n) is 8.33. The molecule has 2 aromatic carbocycles. The van der Waals surface area contributed by atoms with Crippen LogP contribution in [0.5, 0.6) is 0 Å². The van der Waals surface area contributed by atoms with E-state index in [1.165, 1.54) is 22.4 Å². The van der Waals surface area contributed by atoms with Gasteiger partial charge in [-0.2, -0.15) is 0 Å². The van der Waals surface area contributed by atoms with E-state index in [4.69, 9.17) is 4.74 Å². The molecule has 5 N–H and O–H groups in total. The predicted octanol–water partition coefficient (Wildman–Crippen LogP) is 1.71. The first kappa shape index (κ1) is 21.3. The summed E-state index contributed by atoms with van der Waals surface area (Å²) in [5.41, 5.74) is 6.87. The third-order valence-corrected chi connectivity index (χ3v) is 6.34. The average Bonchev–Trinajstić information content (AvgIpc) is 2.77. The molecule has 6 nitrogen and oxygen atoms in total. The van der Waals surface area contributed by atoms with Crippen LogP contribution in [-0.4, -0.2) is 58.0 Å². The summed E-state index contributed by atoms with van der Waals surface area (Å²) in [7, 11) is 0. The Balaban J connectivity index is 1.62. The molecule has 2 aromatic rings. The number of nitrogens with one attached hydrogen (secondary N) is 1. The fraction of sp³-hybridized carbons (Fsp3) is 0.500. The highest BCUT2D eigenvalue weighted by Gasteiger charge is 2.44. The quantitative estimate of drug-likeness (QED) is 0.512. The van der Waals surface area contributed by atoms with Gasteiger partial charge in [0.15, 0.2) is 0 Å². The van der Waals surface area contributed by atoms with Crippen molar-refractivity contribution in [2.24, 2.45) is 0 Å². The Bertz CT molecular complexity index is 884. The molecule has 2 heterocycles. The van der Waals surface area contributed by atoms with Crippen LogP contribution in [0.1, 0.15) is 47.3 Å². The van der Waals surface area contributed by atoms with E-state index in [9.17, 15) is 20.4 Å². The number of fused-ring (bicyclic) bond motifs is 1. The maximum absolute atomic E-state index is 10.5. The Morgan fingerprint density at radius 1 is 1.00 bits per heavy atom. The van der Waals surface area contributed by atoms with Gasteiger partial charge in [0.05, 0.1) is 6.61 Å². The standard InChI is InChI=1S/C24H31NO5/c1-2-15-7-8-17(24-23(29)22(28)21(27)20(13-26)30-24)12-18(15)10-14-5-6-16-4-3-9-25-19(16)11-14/h5-8,11-12,20-29H,2-4,9-10,13H2,1H3/t20-,21-,22+,23-,24+/m1/s1. The van der Waals surface area contributed by atoms with Gasteiger partial charge in [-0.25, -0.2) is 0 Å². The van der Waals surface area contributed by atoms with E-state index in [-0.39, 0.29) is 0 Å². The van der Waals surface area contributed by atoms with Crippen LogP contribution in [0.2, 0.25) is 0 Å². The van der Waals surface area contributed by atoms with Crippen molar-refractivity contribution in [3.05, 3.63) is 64.2 Å². The van der Waals surface area contributed by atoms with Crippen molar-refractivity contribution in [3.63, 3.8) is 0 Å². The van der Waals surface area contributed by atoms with Crippen molar-refractivity contribution >= 4 is 5.69 Å². The van der Waals surface area contributed by atoms with Gasteiger partial charge in [-0.3, -0.25) is 0 Å². The van der Waals surface area contributed by atoms with Crippen LogP contribution in [0.3, 0.4) is 0 Å². The monoisotopic (exact) mass is 413 g/mol. The average molecular weight is 414 g/mol. The number of aryl methyl sites for hydroxylation is 2. The number of benzene rings is 2. The molecular formula is C24H31NO5. The van der Waals surface area contributed by atoms with Crippen molar-refractivity contribution in [3.8, 4) is 0 Å². The van der Waals surface area contributed by atoms with Gasteiger partial charge < -0.3 is 30.5 Å². The van der Waals surface area contributed by atoms with Crippen LogP contribution in [0.4, 0.5) is 5.69 Å². The van der Waals surface area contributed by atoms with Crippen molar-refractivity contribution in [2.75, 3.05) is 18.5 Å². The van der Waals surface area contributed by atoms with Gasteiger partial charge >= 0.3 is 0 Å². The Labute approximate surface area is 177 Å². The van der Waals surface area contributed by atoms with E-state index in [0.29, 0.717) is 0 Å². The first-order valence-electron chi connectivity index (χ1n) is 10.8. The van der Waals surface area contributed by atoms with Crippen molar-refractivity contribution in [2.45, 2.75) is 63.1 Å². The number of rotatable bonds is 5. The molecule has 0 radical (unpaired) electrons. The van der Waals surface area contributed by atoms with Crippen molar-refractivity contribution < 1.29 is 25.2 Å². The van der Waals surface area contributed by atoms with Crippen molar-refractivity contribution in [1.82, 2.24) is 0 Å². The molecule has 0 bridgehead atoms. The lowest BCUT2D eigenvalue weighted by Gasteiger charge is -2.40. The second-order valence-corrected chi connectivity index (χ2v) is 8.33.